The van der Waals surface area contributed by atoms with Gasteiger partial charge in [0.25, 0.3) is 0 Å². The maximum atomic E-state index is 11.0. The van der Waals surface area contributed by atoms with Crippen molar-refractivity contribution in [1.82, 2.24) is 9.38 Å². The average molecular weight is 343 g/mol. The van der Waals surface area contributed by atoms with E-state index in [1.165, 1.54) is 11.3 Å². The number of carbonyl (C=O) groups is 1. The maximum absolute atomic E-state index is 11.0. The van der Waals surface area contributed by atoms with Gasteiger partial charge in [0.1, 0.15) is 10.6 Å². The SMILES string of the molecule is Cc1c(C(=O)O)sc2nc(-c3cc(Br)cs3)cn12. The van der Waals surface area contributed by atoms with Crippen LogP contribution in [0.15, 0.2) is 22.1 Å². The molecular weight excluding hydrogens is 336 g/mol. The summed E-state index contributed by atoms with van der Waals surface area (Å²) in [5.74, 6) is -0.900. The summed E-state index contributed by atoms with van der Waals surface area (Å²) < 4.78 is 2.86. The summed E-state index contributed by atoms with van der Waals surface area (Å²) in [7, 11) is 0. The fraction of sp³-hybridized carbons (Fsp3) is 0.0909. The minimum atomic E-state index is -0.900. The molecule has 0 saturated heterocycles. The molecule has 0 aliphatic heterocycles. The number of aryl methyl sites for hydroxylation is 1. The molecule has 0 atom stereocenters. The lowest BCUT2D eigenvalue weighted by Crippen LogP contribution is -1.96. The van der Waals surface area contributed by atoms with Crippen molar-refractivity contribution in [2.45, 2.75) is 6.92 Å². The van der Waals surface area contributed by atoms with Crippen LogP contribution in [-0.4, -0.2) is 20.5 Å². The van der Waals surface area contributed by atoms with Crippen molar-refractivity contribution in [3.05, 3.63) is 32.7 Å². The number of halogens is 1. The zero-order valence-electron chi connectivity index (χ0n) is 9.18. The molecule has 0 aromatic carbocycles. The van der Waals surface area contributed by atoms with Gasteiger partial charge >= 0.3 is 5.97 Å². The van der Waals surface area contributed by atoms with Crippen molar-refractivity contribution in [2.75, 3.05) is 0 Å². The van der Waals surface area contributed by atoms with Crippen LogP contribution in [-0.2, 0) is 0 Å². The van der Waals surface area contributed by atoms with Crippen LogP contribution in [0, 0.1) is 6.92 Å². The largest absolute Gasteiger partial charge is 0.477 e. The molecule has 1 N–H and O–H groups in total. The predicted octanol–water partition coefficient (Wildman–Crippen LogP) is 3.89. The van der Waals surface area contributed by atoms with Gasteiger partial charge in [-0.3, -0.25) is 4.40 Å². The van der Waals surface area contributed by atoms with Crippen LogP contribution in [0.2, 0.25) is 0 Å². The predicted molar refractivity (Wildman–Crippen MR) is 75.8 cm³/mol. The average Bonchev–Trinajstić information content (AvgIpc) is 2.95. The molecule has 0 bridgehead atoms. The van der Waals surface area contributed by atoms with Gasteiger partial charge in [-0.25, -0.2) is 9.78 Å². The van der Waals surface area contributed by atoms with E-state index in [2.05, 4.69) is 20.9 Å². The number of carboxylic acid groups (broad SMARTS) is 1. The number of thiazole rings is 1. The van der Waals surface area contributed by atoms with Crippen molar-refractivity contribution in [1.29, 1.82) is 0 Å². The molecule has 0 radical (unpaired) electrons. The third kappa shape index (κ3) is 1.79. The van der Waals surface area contributed by atoms with E-state index in [0.717, 1.165) is 20.7 Å². The molecule has 0 aliphatic rings. The second-order valence-corrected chi connectivity index (χ2v) is 6.53. The number of imidazole rings is 1. The molecule has 3 rings (SSSR count). The lowest BCUT2D eigenvalue weighted by molar-refractivity contribution is 0.0701. The van der Waals surface area contributed by atoms with Gasteiger partial charge in [-0.15, -0.1) is 11.3 Å². The van der Waals surface area contributed by atoms with Gasteiger partial charge < -0.3 is 5.11 Å². The number of aromatic carboxylic acids is 1. The topological polar surface area (TPSA) is 54.6 Å². The third-order valence-electron chi connectivity index (χ3n) is 2.57. The Morgan fingerprint density at radius 3 is 2.89 bits per heavy atom. The number of carboxylic acids is 1. The smallest absolute Gasteiger partial charge is 0.347 e. The van der Waals surface area contributed by atoms with E-state index >= 15 is 0 Å². The first kappa shape index (κ1) is 11.9. The molecule has 0 amide bonds. The molecule has 92 valence electrons. The third-order valence-corrected chi connectivity index (χ3v) is 5.43. The number of nitrogens with zero attached hydrogens (tertiary/aromatic N) is 2. The standard InChI is InChI=1S/C11H7BrN2O2S2/c1-5-9(10(15)16)18-11-13-7(3-14(5)11)8-2-6(12)4-17-8/h2-4H,1H3,(H,15,16). The zero-order chi connectivity index (χ0) is 12.9. The summed E-state index contributed by atoms with van der Waals surface area (Å²) in [6.45, 7) is 1.79. The van der Waals surface area contributed by atoms with Crippen LogP contribution >= 0.6 is 38.6 Å². The first-order valence-electron chi connectivity index (χ1n) is 5.02. The van der Waals surface area contributed by atoms with E-state index in [1.54, 1.807) is 18.3 Å². The van der Waals surface area contributed by atoms with E-state index in [-0.39, 0.29) is 0 Å². The number of hydrogen-bond acceptors (Lipinski definition) is 4. The molecule has 0 unspecified atom stereocenters. The van der Waals surface area contributed by atoms with Crippen molar-refractivity contribution in [3.8, 4) is 10.6 Å². The highest BCUT2D eigenvalue weighted by atomic mass is 79.9. The molecule has 3 heterocycles. The molecule has 3 aromatic heterocycles. The molecule has 3 aromatic rings. The van der Waals surface area contributed by atoms with Crippen molar-refractivity contribution < 1.29 is 9.90 Å². The molecule has 4 nitrogen and oxygen atoms in total. The second kappa shape index (κ2) is 4.18. The maximum Gasteiger partial charge on any atom is 0.347 e. The van der Waals surface area contributed by atoms with Gasteiger partial charge in [-0.1, -0.05) is 11.3 Å². The van der Waals surface area contributed by atoms with Crippen LogP contribution < -0.4 is 0 Å². The van der Waals surface area contributed by atoms with Gasteiger partial charge in [0.2, 0.25) is 0 Å². The van der Waals surface area contributed by atoms with Crippen LogP contribution in [0.25, 0.3) is 15.5 Å². The first-order valence-corrected chi connectivity index (χ1v) is 7.51. The fourth-order valence-corrected chi connectivity index (χ4v) is 4.05. The summed E-state index contributed by atoms with van der Waals surface area (Å²) in [6, 6.07) is 2.00. The van der Waals surface area contributed by atoms with Crippen LogP contribution in [0.3, 0.4) is 0 Å². The van der Waals surface area contributed by atoms with Gasteiger partial charge in [-0.05, 0) is 28.9 Å². The van der Waals surface area contributed by atoms with E-state index < -0.39 is 5.97 Å². The molecule has 0 spiro atoms. The zero-order valence-corrected chi connectivity index (χ0v) is 12.4. The van der Waals surface area contributed by atoms with Gasteiger partial charge in [0.15, 0.2) is 4.96 Å². The number of hydrogen-bond donors (Lipinski definition) is 1. The Morgan fingerprint density at radius 2 is 2.33 bits per heavy atom. The van der Waals surface area contributed by atoms with Crippen LogP contribution in [0.4, 0.5) is 0 Å². The van der Waals surface area contributed by atoms with Crippen molar-refractivity contribution in [2.24, 2.45) is 0 Å². The highest BCUT2D eigenvalue weighted by molar-refractivity contribution is 9.10. The monoisotopic (exact) mass is 342 g/mol. The first-order chi connectivity index (χ1) is 8.56. The van der Waals surface area contributed by atoms with E-state index in [4.69, 9.17) is 5.11 Å². The van der Waals surface area contributed by atoms with Gasteiger partial charge in [-0.2, -0.15) is 0 Å². The molecule has 0 saturated carbocycles. The highest BCUT2D eigenvalue weighted by Crippen LogP contribution is 2.32. The summed E-state index contributed by atoms with van der Waals surface area (Å²) in [5, 5.41) is 11.0. The normalized spacial score (nSPS) is 11.2. The summed E-state index contributed by atoms with van der Waals surface area (Å²) in [6.07, 6.45) is 1.88. The Balaban J connectivity index is 2.16. The molecule has 0 fully saturated rings. The van der Waals surface area contributed by atoms with Crippen molar-refractivity contribution >= 4 is 49.5 Å². The van der Waals surface area contributed by atoms with Crippen LogP contribution in [0.5, 0.6) is 0 Å². The summed E-state index contributed by atoms with van der Waals surface area (Å²) in [5.41, 5.74) is 1.59. The molecule has 0 aliphatic carbocycles. The molecule has 7 heteroatoms. The number of rotatable bonds is 2. The second-order valence-electron chi connectivity index (χ2n) is 3.73. The molecule has 18 heavy (non-hydrogen) atoms. The Hall–Kier alpha value is -1.18. The Labute approximate surface area is 119 Å². The Bertz CT molecular complexity index is 756. The summed E-state index contributed by atoms with van der Waals surface area (Å²) in [4.78, 5) is 17.6. The van der Waals surface area contributed by atoms with E-state index in [1.807, 2.05) is 22.0 Å². The molecular formula is C11H7BrN2O2S2. The lowest BCUT2D eigenvalue weighted by atomic mass is 10.3. The van der Waals surface area contributed by atoms with E-state index in [9.17, 15) is 4.79 Å². The van der Waals surface area contributed by atoms with E-state index in [0.29, 0.717) is 9.84 Å². The minimum absolute atomic E-state index is 0.344. The number of fused-ring (bicyclic) bond motifs is 1. The number of aromatic nitrogens is 2. The highest BCUT2D eigenvalue weighted by Gasteiger charge is 2.17. The fourth-order valence-electron chi connectivity index (χ4n) is 1.71. The minimum Gasteiger partial charge on any atom is -0.477 e. The Morgan fingerprint density at radius 1 is 1.56 bits per heavy atom. The van der Waals surface area contributed by atoms with Gasteiger partial charge in [0, 0.05) is 21.7 Å². The Kier molecular flexibility index (Phi) is 2.76. The quantitative estimate of drug-likeness (QED) is 0.768. The number of thiophene rings is 1. The van der Waals surface area contributed by atoms with Gasteiger partial charge in [0.05, 0.1) is 4.88 Å². The lowest BCUT2D eigenvalue weighted by Gasteiger charge is -1.91. The van der Waals surface area contributed by atoms with Crippen molar-refractivity contribution in [3.63, 3.8) is 0 Å². The van der Waals surface area contributed by atoms with Crippen LogP contribution in [0.1, 0.15) is 15.4 Å². The summed E-state index contributed by atoms with van der Waals surface area (Å²) >= 11 is 6.21.